The molecule has 0 aliphatic carbocycles. The first-order valence-electron chi connectivity index (χ1n) is 6.06. The Hall–Kier alpha value is -0.980. The van der Waals surface area contributed by atoms with Gasteiger partial charge in [0, 0.05) is 27.5 Å². The first-order valence-corrected chi connectivity index (χ1v) is 7.73. The highest BCUT2D eigenvalue weighted by molar-refractivity contribution is 9.10. The van der Waals surface area contributed by atoms with Crippen LogP contribution in [0.1, 0.15) is 23.4 Å². The summed E-state index contributed by atoms with van der Waals surface area (Å²) in [6.07, 6.45) is 0. The van der Waals surface area contributed by atoms with Crippen molar-refractivity contribution in [3.05, 3.63) is 50.6 Å². The summed E-state index contributed by atoms with van der Waals surface area (Å²) in [5.74, 6) is 0.203. The van der Waals surface area contributed by atoms with Gasteiger partial charge < -0.3 is 10.1 Å². The second-order valence-electron chi connectivity index (χ2n) is 4.25. The van der Waals surface area contributed by atoms with Crippen LogP contribution in [-0.4, -0.2) is 6.61 Å². The van der Waals surface area contributed by atoms with E-state index in [0.29, 0.717) is 12.1 Å². The Morgan fingerprint density at radius 1 is 1.35 bits per heavy atom. The van der Waals surface area contributed by atoms with Gasteiger partial charge in [-0.15, -0.1) is 11.3 Å². The van der Waals surface area contributed by atoms with E-state index in [2.05, 4.69) is 26.0 Å². The molecule has 1 heterocycles. The highest BCUT2D eigenvalue weighted by Crippen LogP contribution is 2.26. The van der Waals surface area contributed by atoms with Crippen LogP contribution in [0.25, 0.3) is 0 Å². The number of benzene rings is 1. The number of thiophene rings is 1. The average Bonchev–Trinajstić information content (AvgIpc) is 2.92. The molecule has 1 N–H and O–H groups in total. The summed E-state index contributed by atoms with van der Waals surface area (Å²) in [4.78, 5) is 1.20. The van der Waals surface area contributed by atoms with Crippen molar-refractivity contribution in [3.63, 3.8) is 0 Å². The number of halogens is 3. The molecule has 2 rings (SSSR count). The topological polar surface area (TPSA) is 21.3 Å². The summed E-state index contributed by atoms with van der Waals surface area (Å²) in [5.41, 5.74) is 0.697. The van der Waals surface area contributed by atoms with Crippen LogP contribution in [0.5, 0.6) is 5.75 Å². The highest BCUT2D eigenvalue weighted by atomic mass is 79.9. The standard InChI is InChI=1S/C14H14BrF2NOS/c1-9(13-3-2-6-20-13)18-8-10-7-11(15)4-5-12(10)19-14(16)17/h2-7,9,14,18H,8H2,1H3. The van der Waals surface area contributed by atoms with E-state index in [1.165, 1.54) is 4.88 Å². The van der Waals surface area contributed by atoms with Crippen molar-refractivity contribution in [1.82, 2.24) is 5.32 Å². The summed E-state index contributed by atoms with van der Waals surface area (Å²) in [7, 11) is 0. The lowest BCUT2D eigenvalue weighted by molar-refractivity contribution is -0.0505. The smallest absolute Gasteiger partial charge is 0.387 e. The Kier molecular flexibility index (Phi) is 5.51. The Morgan fingerprint density at radius 3 is 2.80 bits per heavy atom. The molecule has 0 fully saturated rings. The second-order valence-corrected chi connectivity index (χ2v) is 6.14. The van der Waals surface area contributed by atoms with Crippen molar-refractivity contribution < 1.29 is 13.5 Å². The predicted octanol–water partition coefficient (Wildman–Crippen LogP) is 4.96. The van der Waals surface area contributed by atoms with Crippen LogP contribution in [0.2, 0.25) is 0 Å². The normalized spacial score (nSPS) is 12.7. The summed E-state index contributed by atoms with van der Waals surface area (Å²) < 4.78 is 30.1. The minimum atomic E-state index is -2.82. The van der Waals surface area contributed by atoms with E-state index in [1.54, 1.807) is 29.5 Å². The maximum Gasteiger partial charge on any atom is 0.387 e. The van der Waals surface area contributed by atoms with E-state index in [9.17, 15) is 8.78 Å². The Morgan fingerprint density at radius 2 is 2.15 bits per heavy atom. The summed E-state index contributed by atoms with van der Waals surface area (Å²) in [6, 6.07) is 9.20. The molecule has 6 heteroatoms. The van der Waals surface area contributed by atoms with Crippen LogP contribution in [0.15, 0.2) is 40.2 Å². The van der Waals surface area contributed by atoms with Crippen LogP contribution in [0, 0.1) is 0 Å². The fourth-order valence-corrected chi connectivity index (χ4v) is 2.97. The average molecular weight is 362 g/mol. The zero-order valence-electron chi connectivity index (χ0n) is 10.8. The second kappa shape index (κ2) is 7.15. The van der Waals surface area contributed by atoms with Gasteiger partial charge in [-0.3, -0.25) is 0 Å². The Labute approximate surface area is 128 Å². The van der Waals surface area contributed by atoms with Crippen LogP contribution < -0.4 is 10.1 Å². The van der Waals surface area contributed by atoms with Crippen LogP contribution >= 0.6 is 27.3 Å². The molecule has 20 heavy (non-hydrogen) atoms. The zero-order chi connectivity index (χ0) is 14.5. The summed E-state index contributed by atoms with van der Waals surface area (Å²) >= 11 is 5.00. The zero-order valence-corrected chi connectivity index (χ0v) is 13.2. The molecular formula is C14H14BrF2NOS. The monoisotopic (exact) mass is 361 g/mol. The fourth-order valence-electron chi connectivity index (χ4n) is 1.80. The molecule has 0 radical (unpaired) electrons. The van der Waals surface area contributed by atoms with E-state index in [1.807, 2.05) is 24.4 Å². The van der Waals surface area contributed by atoms with Gasteiger partial charge in [-0.25, -0.2) is 0 Å². The van der Waals surface area contributed by atoms with Crippen molar-refractivity contribution in [2.24, 2.45) is 0 Å². The van der Waals surface area contributed by atoms with Crippen molar-refractivity contribution in [2.45, 2.75) is 26.1 Å². The van der Waals surface area contributed by atoms with Gasteiger partial charge in [0.25, 0.3) is 0 Å². The van der Waals surface area contributed by atoms with Gasteiger partial charge in [0.1, 0.15) is 5.75 Å². The first-order chi connectivity index (χ1) is 9.56. The molecule has 2 aromatic rings. The molecule has 0 aliphatic rings. The predicted molar refractivity (Wildman–Crippen MR) is 80.3 cm³/mol. The molecule has 1 aromatic carbocycles. The molecule has 0 bridgehead atoms. The van der Waals surface area contributed by atoms with Crippen molar-refractivity contribution in [1.29, 1.82) is 0 Å². The molecule has 0 saturated carbocycles. The SMILES string of the molecule is CC(NCc1cc(Br)ccc1OC(F)F)c1cccs1. The van der Waals surface area contributed by atoms with Gasteiger partial charge in [0.2, 0.25) is 0 Å². The number of rotatable bonds is 6. The number of hydrogen-bond donors (Lipinski definition) is 1. The summed E-state index contributed by atoms with van der Waals surface area (Å²) in [5, 5.41) is 5.32. The molecule has 2 nitrogen and oxygen atoms in total. The molecule has 108 valence electrons. The lowest BCUT2D eigenvalue weighted by Gasteiger charge is -2.15. The molecular weight excluding hydrogens is 348 g/mol. The molecule has 1 unspecified atom stereocenters. The Balaban J connectivity index is 2.06. The highest BCUT2D eigenvalue weighted by Gasteiger charge is 2.12. The van der Waals surface area contributed by atoms with E-state index in [-0.39, 0.29) is 11.8 Å². The molecule has 1 atom stereocenters. The van der Waals surface area contributed by atoms with Crippen molar-refractivity contribution >= 4 is 27.3 Å². The first kappa shape index (κ1) is 15.4. The van der Waals surface area contributed by atoms with E-state index in [4.69, 9.17) is 0 Å². The number of ether oxygens (including phenoxy) is 1. The van der Waals surface area contributed by atoms with E-state index in [0.717, 1.165) is 4.47 Å². The van der Waals surface area contributed by atoms with Gasteiger partial charge in [0.15, 0.2) is 0 Å². The number of hydrogen-bond acceptors (Lipinski definition) is 3. The van der Waals surface area contributed by atoms with Crippen LogP contribution in [0.4, 0.5) is 8.78 Å². The lowest BCUT2D eigenvalue weighted by atomic mass is 10.2. The third-order valence-electron chi connectivity index (χ3n) is 2.81. The van der Waals surface area contributed by atoms with E-state index >= 15 is 0 Å². The molecule has 0 spiro atoms. The Bertz CT molecular complexity index is 548. The molecule has 1 aromatic heterocycles. The van der Waals surface area contributed by atoms with Crippen LogP contribution in [0.3, 0.4) is 0 Å². The maximum atomic E-state index is 12.4. The molecule has 0 saturated heterocycles. The van der Waals surface area contributed by atoms with Gasteiger partial charge in [0.05, 0.1) is 0 Å². The van der Waals surface area contributed by atoms with Crippen molar-refractivity contribution in [3.8, 4) is 5.75 Å². The van der Waals surface area contributed by atoms with Gasteiger partial charge in [-0.2, -0.15) is 8.78 Å². The number of alkyl halides is 2. The molecule has 0 aliphatic heterocycles. The maximum absolute atomic E-state index is 12.4. The minimum Gasteiger partial charge on any atom is -0.434 e. The fraction of sp³-hybridized carbons (Fsp3) is 0.286. The third-order valence-corrected chi connectivity index (χ3v) is 4.36. The van der Waals surface area contributed by atoms with Gasteiger partial charge in [-0.05, 0) is 36.6 Å². The van der Waals surface area contributed by atoms with Crippen molar-refractivity contribution in [2.75, 3.05) is 0 Å². The quantitative estimate of drug-likeness (QED) is 0.784. The van der Waals surface area contributed by atoms with Crippen LogP contribution in [-0.2, 0) is 6.54 Å². The minimum absolute atomic E-state index is 0.161. The van der Waals surface area contributed by atoms with Gasteiger partial charge in [-0.1, -0.05) is 22.0 Å². The third kappa shape index (κ3) is 4.26. The van der Waals surface area contributed by atoms with Gasteiger partial charge >= 0.3 is 6.61 Å². The number of nitrogens with one attached hydrogen (secondary N) is 1. The summed E-state index contributed by atoms with van der Waals surface area (Å²) in [6.45, 7) is -0.317. The van der Waals surface area contributed by atoms with E-state index < -0.39 is 6.61 Å². The molecule has 0 amide bonds. The largest absolute Gasteiger partial charge is 0.434 e. The lowest BCUT2D eigenvalue weighted by Crippen LogP contribution is -2.18.